The smallest absolute Gasteiger partial charge is 0.233 e. The van der Waals surface area contributed by atoms with Gasteiger partial charge in [0.05, 0.1) is 10.7 Å². The molecule has 112 valence electrons. The van der Waals surface area contributed by atoms with E-state index >= 15 is 0 Å². The van der Waals surface area contributed by atoms with E-state index in [1.165, 1.54) is 0 Å². The predicted octanol–water partition coefficient (Wildman–Crippen LogP) is 3.52. The van der Waals surface area contributed by atoms with Crippen LogP contribution in [0.3, 0.4) is 0 Å². The van der Waals surface area contributed by atoms with Crippen molar-refractivity contribution in [3.63, 3.8) is 0 Å². The normalized spacial score (nSPS) is 10.2. The van der Waals surface area contributed by atoms with Crippen LogP contribution in [0.25, 0.3) is 0 Å². The first-order chi connectivity index (χ1) is 10.3. The molecule has 1 heterocycles. The van der Waals surface area contributed by atoms with E-state index in [1.54, 1.807) is 6.20 Å². The Labute approximate surface area is 132 Å². The van der Waals surface area contributed by atoms with Crippen LogP contribution in [0.2, 0.25) is 0 Å². The minimum absolute atomic E-state index is 0.414. The lowest BCUT2D eigenvalue weighted by Crippen LogP contribution is -2.11. The van der Waals surface area contributed by atoms with Crippen molar-refractivity contribution in [2.75, 3.05) is 25.1 Å². The number of aromatic nitrogens is 2. The first-order valence-electron chi connectivity index (χ1n) is 6.86. The van der Waals surface area contributed by atoms with Crippen LogP contribution in [-0.2, 0) is 0 Å². The highest BCUT2D eigenvalue weighted by atomic mass is 79.9. The molecule has 2 aromatic rings. The zero-order chi connectivity index (χ0) is 14.9. The molecule has 0 saturated heterocycles. The number of benzene rings is 1. The number of rotatable bonds is 8. The Morgan fingerprint density at radius 2 is 1.90 bits per heavy atom. The van der Waals surface area contributed by atoms with Crippen LogP contribution < -0.4 is 14.8 Å². The molecule has 6 heteroatoms. The molecule has 0 aliphatic rings. The molecule has 21 heavy (non-hydrogen) atoms. The van der Waals surface area contributed by atoms with Gasteiger partial charge >= 0.3 is 0 Å². The fourth-order valence-corrected chi connectivity index (χ4v) is 1.89. The van der Waals surface area contributed by atoms with Crippen molar-refractivity contribution in [3.05, 3.63) is 41.0 Å². The van der Waals surface area contributed by atoms with Gasteiger partial charge in [-0.25, -0.2) is 4.98 Å². The molecule has 0 aliphatic carbocycles. The summed E-state index contributed by atoms with van der Waals surface area (Å²) in [6, 6.07) is 9.64. The largest absolute Gasteiger partial charge is 0.490 e. The molecule has 0 fully saturated rings. The Kier molecular flexibility index (Phi) is 6.27. The summed E-state index contributed by atoms with van der Waals surface area (Å²) in [5.41, 5.74) is 0. The molecule has 1 aromatic carbocycles. The second-order valence-electron chi connectivity index (χ2n) is 4.28. The van der Waals surface area contributed by atoms with Gasteiger partial charge in [-0.2, -0.15) is 4.98 Å². The number of ether oxygens (including phenoxy) is 2. The predicted molar refractivity (Wildman–Crippen MR) is 85.9 cm³/mol. The van der Waals surface area contributed by atoms with E-state index in [-0.39, 0.29) is 0 Å². The number of anilines is 1. The minimum atomic E-state index is 0.414. The zero-order valence-corrected chi connectivity index (χ0v) is 13.5. The fourth-order valence-electron chi connectivity index (χ4n) is 1.59. The fraction of sp³-hybridized carbons (Fsp3) is 0.333. The number of para-hydroxylation sites is 1. The third kappa shape index (κ3) is 5.23. The summed E-state index contributed by atoms with van der Waals surface area (Å²) < 4.78 is 11.9. The van der Waals surface area contributed by atoms with Crippen LogP contribution >= 0.6 is 15.9 Å². The van der Waals surface area contributed by atoms with Gasteiger partial charge in [0.15, 0.2) is 0 Å². The SMILES string of the molecule is CCCNc1ncc(Br)c(OCCOc2ccccc2)n1. The van der Waals surface area contributed by atoms with Crippen molar-refractivity contribution in [2.45, 2.75) is 13.3 Å². The second-order valence-corrected chi connectivity index (χ2v) is 5.14. The Balaban J connectivity index is 1.82. The van der Waals surface area contributed by atoms with Gasteiger partial charge in [0.2, 0.25) is 11.8 Å². The van der Waals surface area contributed by atoms with Crippen LogP contribution in [0, 0.1) is 0 Å². The van der Waals surface area contributed by atoms with Crippen molar-refractivity contribution in [3.8, 4) is 11.6 Å². The summed E-state index contributed by atoms with van der Waals surface area (Å²) >= 11 is 3.38. The Morgan fingerprint density at radius 1 is 1.14 bits per heavy atom. The van der Waals surface area contributed by atoms with E-state index in [0.29, 0.717) is 25.0 Å². The van der Waals surface area contributed by atoms with Crippen molar-refractivity contribution in [1.29, 1.82) is 0 Å². The third-order valence-corrected chi connectivity index (χ3v) is 3.12. The molecule has 1 N–H and O–H groups in total. The van der Waals surface area contributed by atoms with Gasteiger partial charge in [-0.3, -0.25) is 0 Å². The molecule has 0 amide bonds. The average molecular weight is 352 g/mol. The maximum Gasteiger partial charge on any atom is 0.233 e. The van der Waals surface area contributed by atoms with Crippen LogP contribution in [0.5, 0.6) is 11.6 Å². The van der Waals surface area contributed by atoms with Gasteiger partial charge in [-0.1, -0.05) is 25.1 Å². The monoisotopic (exact) mass is 351 g/mol. The summed E-state index contributed by atoms with van der Waals surface area (Å²) in [7, 11) is 0. The summed E-state index contributed by atoms with van der Waals surface area (Å²) in [5, 5.41) is 3.12. The van der Waals surface area contributed by atoms with E-state index in [1.807, 2.05) is 30.3 Å². The van der Waals surface area contributed by atoms with Gasteiger partial charge in [-0.15, -0.1) is 0 Å². The van der Waals surface area contributed by atoms with Crippen molar-refractivity contribution >= 4 is 21.9 Å². The first kappa shape index (κ1) is 15.6. The van der Waals surface area contributed by atoms with Gasteiger partial charge < -0.3 is 14.8 Å². The first-order valence-corrected chi connectivity index (χ1v) is 7.66. The summed E-state index contributed by atoms with van der Waals surface area (Å²) in [6.45, 7) is 3.79. The van der Waals surface area contributed by atoms with Crippen molar-refractivity contribution in [1.82, 2.24) is 9.97 Å². The lowest BCUT2D eigenvalue weighted by atomic mass is 10.3. The molecule has 1 aromatic heterocycles. The van der Waals surface area contributed by atoms with E-state index in [2.05, 4.69) is 38.1 Å². The summed E-state index contributed by atoms with van der Waals surface area (Å²) in [5.74, 6) is 1.91. The highest BCUT2D eigenvalue weighted by molar-refractivity contribution is 9.10. The van der Waals surface area contributed by atoms with E-state index in [4.69, 9.17) is 9.47 Å². The van der Waals surface area contributed by atoms with Crippen LogP contribution in [0.15, 0.2) is 41.0 Å². The quantitative estimate of drug-likeness (QED) is 0.737. The molecule has 5 nitrogen and oxygen atoms in total. The Hall–Kier alpha value is -1.82. The van der Waals surface area contributed by atoms with E-state index in [0.717, 1.165) is 23.2 Å². The molecular weight excluding hydrogens is 334 g/mol. The van der Waals surface area contributed by atoms with Crippen LogP contribution in [0.4, 0.5) is 5.95 Å². The number of hydrogen-bond donors (Lipinski definition) is 1. The molecular formula is C15H18BrN3O2. The van der Waals surface area contributed by atoms with Crippen molar-refractivity contribution in [2.24, 2.45) is 0 Å². The van der Waals surface area contributed by atoms with Gasteiger partial charge in [0.1, 0.15) is 19.0 Å². The molecule has 0 spiro atoms. The van der Waals surface area contributed by atoms with E-state index in [9.17, 15) is 0 Å². The highest BCUT2D eigenvalue weighted by Crippen LogP contribution is 2.22. The standard InChI is InChI=1S/C15H18BrN3O2/c1-2-8-17-15-18-11-13(16)14(19-15)21-10-9-20-12-6-4-3-5-7-12/h3-7,11H,2,8-10H2,1H3,(H,17,18,19). The summed E-state index contributed by atoms with van der Waals surface area (Å²) in [6.07, 6.45) is 2.69. The number of halogens is 1. The highest BCUT2D eigenvalue weighted by Gasteiger charge is 2.06. The molecule has 2 rings (SSSR count). The average Bonchev–Trinajstić information content (AvgIpc) is 2.53. The summed E-state index contributed by atoms with van der Waals surface area (Å²) in [4.78, 5) is 8.48. The van der Waals surface area contributed by atoms with Crippen LogP contribution in [-0.4, -0.2) is 29.7 Å². The maximum absolute atomic E-state index is 5.62. The molecule has 0 aliphatic heterocycles. The number of nitrogens with one attached hydrogen (secondary N) is 1. The van der Waals surface area contributed by atoms with Gasteiger partial charge in [-0.05, 0) is 34.5 Å². The zero-order valence-electron chi connectivity index (χ0n) is 11.9. The number of nitrogens with zero attached hydrogens (tertiary/aromatic N) is 2. The third-order valence-electron chi connectivity index (χ3n) is 2.58. The van der Waals surface area contributed by atoms with E-state index < -0.39 is 0 Å². The number of hydrogen-bond acceptors (Lipinski definition) is 5. The molecule has 0 saturated carbocycles. The minimum Gasteiger partial charge on any atom is -0.490 e. The molecule has 0 radical (unpaired) electrons. The molecule has 0 atom stereocenters. The second kappa shape index (κ2) is 8.46. The van der Waals surface area contributed by atoms with Crippen LogP contribution in [0.1, 0.15) is 13.3 Å². The van der Waals surface area contributed by atoms with Crippen molar-refractivity contribution < 1.29 is 9.47 Å². The Bertz CT molecular complexity index is 552. The lowest BCUT2D eigenvalue weighted by Gasteiger charge is -2.10. The molecule has 0 bridgehead atoms. The topological polar surface area (TPSA) is 56.3 Å². The Morgan fingerprint density at radius 3 is 2.67 bits per heavy atom. The maximum atomic E-state index is 5.62. The molecule has 0 unspecified atom stereocenters. The van der Waals surface area contributed by atoms with Gasteiger partial charge in [0.25, 0.3) is 0 Å². The van der Waals surface area contributed by atoms with Gasteiger partial charge in [0, 0.05) is 6.54 Å². The lowest BCUT2D eigenvalue weighted by molar-refractivity contribution is 0.211.